The van der Waals surface area contributed by atoms with E-state index in [1.165, 1.54) is 0 Å². The topological polar surface area (TPSA) is 73.1 Å². The van der Waals surface area contributed by atoms with Crippen LogP contribution in [0, 0.1) is 0 Å². The van der Waals surface area contributed by atoms with Crippen LogP contribution < -0.4 is 16.0 Å². The minimum atomic E-state index is 0.159. The lowest BCUT2D eigenvalue weighted by molar-refractivity contribution is 0.397. The molecule has 0 aliphatic carbocycles. The molecule has 6 heteroatoms. The zero-order valence-electron chi connectivity index (χ0n) is 10.2. The van der Waals surface area contributed by atoms with Crippen LogP contribution in [0.2, 0.25) is 0 Å². The van der Waals surface area contributed by atoms with Gasteiger partial charge in [0.2, 0.25) is 5.88 Å². The van der Waals surface area contributed by atoms with E-state index in [1.54, 1.807) is 18.4 Å². The lowest BCUT2D eigenvalue weighted by Crippen LogP contribution is -2.38. The largest absolute Gasteiger partial charge is 0.481 e. The van der Waals surface area contributed by atoms with E-state index in [1.807, 2.05) is 29.9 Å². The number of aromatic nitrogens is 2. The number of nitrogens with zero attached hydrogens (tertiary/aromatic N) is 2. The number of nitrogens with two attached hydrogens (primary N) is 1. The number of thiazole rings is 1. The summed E-state index contributed by atoms with van der Waals surface area (Å²) < 4.78 is 5.03. The second-order valence-electron chi connectivity index (χ2n) is 3.91. The molecule has 0 radical (unpaired) electrons. The normalized spacial score (nSPS) is 12.3. The third-order valence-electron chi connectivity index (χ3n) is 2.63. The van der Waals surface area contributed by atoms with Gasteiger partial charge < -0.3 is 4.74 Å². The Morgan fingerprint density at radius 1 is 1.39 bits per heavy atom. The van der Waals surface area contributed by atoms with Gasteiger partial charge in [0.1, 0.15) is 0 Å². The van der Waals surface area contributed by atoms with Crippen LogP contribution >= 0.6 is 11.3 Å². The summed E-state index contributed by atoms with van der Waals surface area (Å²) in [6.07, 6.45) is 5.25. The van der Waals surface area contributed by atoms with Crippen LogP contribution in [0.4, 0.5) is 0 Å². The van der Waals surface area contributed by atoms with Crippen LogP contribution in [0.25, 0.3) is 0 Å². The van der Waals surface area contributed by atoms with Crippen molar-refractivity contribution in [3.63, 3.8) is 0 Å². The highest BCUT2D eigenvalue weighted by atomic mass is 32.1. The first kappa shape index (κ1) is 12.9. The van der Waals surface area contributed by atoms with Gasteiger partial charge in [-0.15, -0.1) is 11.3 Å². The minimum absolute atomic E-state index is 0.159. The Bertz CT molecular complexity index is 457. The fourth-order valence-electron chi connectivity index (χ4n) is 1.69. The van der Waals surface area contributed by atoms with Gasteiger partial charge in [-0.2, -0.15) is 0 Å². The number of rotatable bonds is 6. The molecule has 3 N–H and O–H groups in total. The molecule has 2 heterocycles. The van der Waals surface area contributed by atoms with Crippen LogP contribution in [0.5, 0.6) is 5.88 Å². The van der Waals surface area contributed by atoms with Gasteiger partial charge in [-0.1, -0.05) is 6.07 Å². The summed E-state index contributed by atoms with van der Waals surface area (Å²) in [6, 6.07) is 4.01. The predicted octanol–water partition coefficient (Wildman–Crippen LogP) is 1.16. The summed E-state index contributed by atoms with van der Waals surface area (Å²) in [5.41, 5.74) is 3.95. The maximum absolute atomic E-state index is 5.58. The Balaban J connectivity index is 1.96. The molecule has 0 saturated carbocycles. The number of hydrogen-bond donors (Lipinski definition) is 2. The Morgan fingerprint density at radius 3 is 2.83 bits per heavy atom. The van der Waals surface area contributed by atoms with Crippen molar-refractivity contribution in [3.05, 3.63) is 40.5 Å². The van der Waals surface area contributed by atoms with Gasteiger partial charge in [0.05, 0.1) is 12.1 Å². The molecule has 2 aromatic rings. The van der Waals surface area contributed by atoms with Gasteiger partial charge in [0, 0.05) is 36.3 Å². The number of pyridine rings is 1. The van der Waals surface area contributed by atoms with Crippen molar-refractivity contribution in [3.8, 4) is 5.88 Å². The van der Waals surface area contributed by atoms with Crippen molar-refractivity contribution >= 4 is 11.3 Å². The van der Waals surface area contributed by atoms with Gasteiger partial charge in [0.15, 0.2) is 0 Å². The predicted molar refractivity (Wildman–Crippen MR) is 71.4 cm³/mol. The summed E-state index contributed by atoms with van der Waals surface area (Å²) in [6.45, 7) is 0. The molecule has 2 rings (SSSR count). The molecular formula is C12H16N4OS. The third-order valence-corrected chi connectivity index (χ3v) is 3.43. The summed E-state index contributed by atoms with van der Waals surface area (Å²) >= 11 is 1.64. The van der Waals surface area contributed by atoms with Crippen LogP contribution in [0.15, 0.2) is 29.9 Å². The Labute approximate surface area is 110 Å². The molecule has 0 fully saturated rings. The number of hydrogen-bond acceptors (Lipinski definition) is 6. The highest BCUT2D eigenvalue weighted by Gasteiger charge is 2.10. The van der Waals surface area contributed by atoms with Crippen molar-refractivity contribution in [2.45, 2.75) is 18.9 Å². The van der Waals surface area contributed by atoms with E-state index >= 15 is 0 Å². The summed E-state index contributed by atoms with van der Waals surface area (Å²) in [5.74, 6) is 6.20. The maximum Gasteiger partial charge on any atom is 0.212 e. The van der Waals surface area contributed by atoms with Crippen LogP contribution in [-0.2, 0) is 12.8 Å². The van der Waals surface area contributed by atoms with Crippen LogP contribution in [0.1, 0.15) is 10.6 Å². The van der Waals surface area contributed by atoms with Gasteiger partial charge in [0.25, 0.3) is 0 Å². The molecule has 1 atom stereocenters. The van der Waals surface area contributed by atoms with E-state index in [0.717, 1.165) is 23.4 Å². The van der Waals surface area contributed by atoms with Crippen LogP contribution in [0.3, 0.4) is 0 Å². The van der Waals surface area contributed by atoms with Crippen LogP contribution in [-0.4, -0.2) is 23.1 Å². The molecule has 0 spiro atoms. The van der Waals surface area contributed by atoms with E-state index in [-0.39, 0.29) is 6.04 Å². The molecular weight excluding hydrogens is 248 g/mol. The molecule has 0 aromatic carbocycles. The molecule has 2 aromatic heterocycles. The fraction of sp³-hybridized carbons (Fsp3) is 0.333. The molecule has 18 heavy (non-hydrogen) atoms. The van der Waals surface area contributed by atoms with Crippen molar-refractivity contribution in [2.24, 2.45) is 5.84 Å². The summed E-state index contributed by atoms with van der Waals surface area (Å²) in [4.78, 5) is 8.44. The number of nitrogens with one attached hydrogen (secondary N) is 1. The molecule has 0 saturated heterocycles. The second kappa shape index (κ2) is 6.44. The highest BCUT2D eigenvalue weighted by molar-refractivity contribution is 7.09. The first-order valence-corrected chi connectivity index (χ1v) is 6.53. The molecule has 0 amide bonds. The zero-order chi connectivity index (χ0) is 12.8. The van der Waals surface area contributed by atoms with Crippen molar-refractivity contribution in [1.29, 1.82) is 0 Å². The highest BCUT2D eigenvalue weighted by Crippen LogP contribution is 2.12. The van der Waals surface area contributed by atoms with Gasteiger partial charge >= 0.3 is 0 Å². The molecule has 96 valence electrons. The summed E-state index contributed by atoms with van der Waals surface area (Å²) in [7, 11) is 1.61. The monoisotopic (exact) mass is 264 g/mol. The van der Waals surface area contributed by atoms with E-state index in [4.69, 9.17) is 10.6 Å². The summed E-state index contributed by atoms with van der Waals surface area (Å²) in [5, 5.41) is 3.05. The van der Waals surface area contributed by atoms with Gasteiger partial charge in [-0.3, -0.25) is 11.3 Å². The van der Waals surface area contributed by atoms with Crippen molar-refractivity contribution in [1.82, 2.24) is 15.4 Å². The number of methoxy groups -OCH3 is 1. The van der Waals surface area contributed by atoms with E-state index < -0.39 is 0 Å². The Hall–Kier alpha value is -1.50. The number of hydrazine groups is 1. The SMILES string of the molecule is COc1ccc(CC(Cc2nccs2)NN)cn1. The number of ether oxygens (including phenoxy) is 1. The zero-order valence-corrected chi connectivity index (χ0v) is 11.0. The van der Waals surface area contributed by atoms with Gasteiger partial charge in [-0.05, 0) is 12.0 Å². The minimum Gasteiger partial charge on any atom is -0.481 e. The van der Waals surface area contributed by atoms with Crippen molar-refractivity contribution < 1.29 is 4.74 Å². The third kappa shape index (κ3) is 3.49. The van der Waals surface area contributed by atoms with E-state index in [2.05, 4.69) is 15.4 Å². The van der Waals surface area contributed by atoms with Gasteiger partial charge in [-0.25, -0.2) is 9.97 Å². The average molecular weight is 264 g/mol. The van der Waals surface area contributed by atoms with Crippen molar-refractivity contribution in [2.75, 3.05) is 7.11 Å². The second-order valence-corrected chi connectivity index (χ2v) is 4.89. The molecule has 5 nitrogen and oxygen atoms in total. The van der Waals surface area contributed by atoms with E-state index in [0.29, 0.717) is 5.88 Å². The lowest BCUT2D eigenvalue weighted by atomic mass is 10.1. The Morgan fingerprint density at radius 2 is 2.28 bits per heavy atom. The molecule has 0 aliphatic rings. The first-order chi connectivity index (χ1) is 8.81. The smallest absolute Gasteiger partial charge is 0.212 e. The molecule has 0 bridgehead atoms. The molecule has 0 aliphatic heterocycles. The fourth-order valence-corrected chi connectivity index (χ4v) is 2.39. The quantitative estimate of drug-likeness (QED) is 0.605. The molecule has 1 unspecified atom stereocenters. The Kier molecular flexibility index (Phi) is 4.63. The van der Waals surface area contributed by atoms with E-state index in [9.17, 15) is 0 Å². The maximum atomic E-state index is 5.58. The first-order valence-electron chi connectivity index (χ1n) is 5.65. The standard InChI is InChI=1S/C12H16N4OS/c1-17-11-3-2-9(8-15-11)6-10(16-13)7-12-14-4-5-18-12/h2-5,8,10,16H,6-7,13H2,1H3. The average Bonchev–Trinajstić information content (AvgIpc) is 2.91. The lowest BCUT2D eigenvalue weighted by Gasteiger charge is -2.14.